The van der Waals surface area contributed by atoms with Crippen molar-refractivity contribution in [3.8, 4) is 0 Å². The highest BCUT2D eigenvalue weighted by molar-refractivity contribution is 7.91. The zero-order chi connectivity index (χ0) is 11.2. The molecule has 1 N–H and O–H groups in total. The van der Waals surface area contributed by atoms with E-state index in [4.69, 9.17) is 0 Å². The molecule has 0 amide bonds. The van der Waals surface area contributed by atoms with Crippen molar-refractivity contribution in [3.05, 3.63) is 0 Å². The molecule has 0 aromatic rings. The van der Waals surface area contributed by atoms with Crippen molar-refractivity contribution in [1.29, 1.82) is 0 Å². The minimum atomic E-state index is -2.92. The van der Waals surface area contributed by atoms with E-state index in [2.05, 4.69) is 12.2 Å². The third-order valence-corrected chi connectivity index (χ3v) is 4.26. The van der Waals surface area contributed by atoms with E-state index in [1.54, 1.807) is 6.92 Å². The zero-order valence-corrected chi connectivity index (χ0v) is 10.5. The summed E-state index contributed by atoms with van der Waals surface area (Å²) < 4.78 is 22.7. The summed E-state index contributed by atoms with van der Waals surface area (Å²) in [5.74, 6) is 0. The third kappa shape index (κ3) is 4.96. The van der Waals surface area contributed by atoms with Crippen molar-refractivity contribution < 1.29 is 8.42 Å². The van der Waals surface area contributed by atoms with Gasteiger partial charge < -0.3 is 5.32 Å². The molecule has 0 saturated heterocycles. The van der Waals surface area contributed by atoms with Gasteiger partial charge in [0.1, 0.15) is 0 Å². The molecular weight excluding hydrogens is 198 g/mol. The first-order valence-electron chi connectivity index (χ1n) is 5.35. The molecule has 0 aromatic carbocycles. The summed E-state index contributed by atoms with van der Waals surface area (Å²) >= 11 is 0. The second-order valence-electron chi connectivity index (χ2n) is 3.84. The van der Waals surface area contributed by atoms with E-state index < -0.39 is 9.84 Å². The Hall–Kier alpha value is -0.0900. The van der Waals surface area contributed by atoms with Crippen LogP contribution in [0.5, 0.6) is 0 Å². The van der Waals surface area contributed by atoms with Crippen LogP contribution in [0.1, 0.15) is 40.0 Å². The largest absolute Gasteiger partial charge is 0.313 e. The van der Waals surface area contributed by atoms with Crippen LogP contribution in [0, 0.1) is 0 Å². The van der Waals surface area contributed by atoms with Crippen LogP contribution in [0.3, 0.4) is 0 Å². The molecule has 2 atom stereocenters. The maximum Gasteiger partial charge on any atom is 0.151 e. The van der Waals surface area contributed by atoms with Crippen molar-refractivity contribution >= 4 is 9.84 Å². The monoisotopic (exact) mass is 221 g/mol. The lowest BCUT2D eigenvalue weighted by Crippen LogP contribution is -2.42. The normalized spacial score (nSPS) is 16.6. The van der Waals surface area contributed by atoms with E-state index in [9.17, 15) is 8.42 Å². The number of nitrogens with one attached hydrogen (secondary N) is 1. The quantitative estimate of drug-likeness (QED) is 0.710. The van der Waals surface area contributed by atoms with E-state index in [0.29, 0.717) is 0 Å². The predicted octanol–water partition coefficient (Wildman–Crippen LogP) is 1.59. The molecule has 2 unspecified atom stereocenters. The topological polar surface area (TPSA) is 46.2 Å². The fourth-order valence-corrected chi connectivity index (χ4v) is 2.32. The fourth-order valence-electron chi connectivity index (χ4n) is 1.49. The Morgan fingerprint density at radius 2 is 1.86 bits per heavy atom. The van der Waals surface area contributed by atoms with E-state index in [-0.39, 0.29) is 11.3 Å². The van der Waals surface area contributed by atoms with E-state index in [1.165, 1.54) is 6.26 Å². The van der Waals surface area contributed by atoms with Crippen LogP contribution in [0.15, 0.2) is 0 Å². The smallest absolute Gasteiger partial charge is 0.151 e. The predicted molar refractivity (Wildman–Crippen MR) is 61.3 cm³/mol. The number of rotatable bonds is 7. The van der Waals surface area contributed by atoms with Crippen LogP contribution in [-0.2, 0) is 9.84 Å². The molecule has 86 valence electrons. The van der Waals surface area contributed by atoms with Crippen molar-refractivity contribution in [1.82, 2.24) is 5.32 Å². The van der Waals surface area contributed by atoms with Crippen LogP contribution < -0.4 is 5.32 Å². The molecule has 0 aromatic heterocycles. The van der Waals surface area contributed by atoms with Gasteiger partial charge in [0.15, 0.2) is 9.84 Å². The molecule has 0 radical (unpaired) electrons. The molecule has 0 rings (SSSR count). The summed E-state index contributed by atoms with van der Waals surface area (Å²) in [4.78, 5) is 0. The van der Waals surface area contributed by atoms with Crippen LogP contribution in [0.2, 0.25) is 0 Å². The molecule has 0 bridgehead atoms. The number of hydrogen-bond acceptors (Lipinski definition) is 3. The lowest BCUT2D eigenvalue weighted by Gasteiger charge is -2.23. The van der Waals surface area contributed by atoms with Gasteiger partial charge in [0.05, 0.1) is 5.25 Å². The van der Waals surface area contributed by atoms with Crippen LogP contribution in [0.25, 0.3) is 0 Å². The first-order chi connectivity index (χ1) is 6.43. The maximum absolute atomic E-state index is 11.4. The average molecular weight is 221 g/mol. The minimum absolute atomic E-state index is 0.106. The second kappa shape index (κ2) is 6.40. The Labute approximate surface area is 88.2 Å². The van der Waals surface area contributed by atoms with Gasteiger partial charge in [0.25, 0.3) is 0 Å². The number of sulfone groups is 1. The Balaban J connectivity index is 4.32. The summed E-state index contributed by atoms with van der Waals surface area (Å²) in [6.45, 7) is 6.74. The molecule has 0 saturated carbocycles. The van der Waals surface area contributed by atoms with Crippen molar-refractivity contribution in [2.24, 2.45) is 0 Å². The Morgan fingerprint density at radius 3 is 2.21 bits per heavy atom. The highest BCUT2D eigenvalue weighted by Gasteiger charge is 2.24. The lowest BCUT2D eigenvalue weighted by molar-refractivity contribution is 0.456. The van der Waals surface area contributed by atoms with Gasteiger partial charge >= 0.3 is 0 Å². The molecule has 0 fully saturated rings. The van der Waals surface area contributed by atoms with Crippen molar-refractivity contribution in [2.75, 3.05) is 12.8 Å². The first kappa shape index (κ1) is 13.9. The number of hydrogen-bond donors (Lipinski definition) is 1. The molecule has 0 heterocycles. The highest BCUT2D eigenvalue weighted by atomic mass is 32.2. The van der Waals surface area contributed by atoms with E-state index in [0.717, 1.165) is 25.8 Å². The molecule has 4 heteroatoms. The molecule has 0 aliphatic heterocycles. The van der Waals surface area contributed by atoms with Gasteiger partial charge in [-0.1, -0.05) is 26.7 Å². The van der Waals surface area contributed by atoms with Crippen LogP contribution in [0.4, 0.5) is 0 Å². The Bertz CT molecular complexity index is 237. The van der Waals surface area contributed by atoms with Gasteiger partial charge in [-0.05, 0) is 19.9 Å². The van der Waals surface area contributed by atoms with Crippen molar-refractivity contribution in [2.45, 2.75) is 51.3 Å². The lowest BCUT2D eigenvalue weighted by atomic mass is 10.1. The zero-order valence-electron chi connectivity index (χ0n) is 9.71. The van der Waals surface area contributed by atoms with Crippen LogP contribution in [-0.4, -0.2) is 32.5 Å². The summed E-state index contributed by atoms with van der Waals surface area (Å²) in [5, 5.41) is 2.96. The first-order valence-corrected chi connectivity index (χ1v) is 7.31. The average Bonchev–Trinajstić information content (AvgIpc) is 2.09. The molecule has 0 aliphatic rings. The SMILES string of the molecule is CCCCC(NCC)C(C)S(C)(=O)=O. The van der Waals surface area contributed by atoms with Gasteiger partial charge in [0.2, 0.25) is 0 Å². The molecule has 14 heavy (non-hydrogen) atoms. The Morgan fingerprint density at radius 1 is 1.29 bits per heavy atom. The van der Waals surface area contributed by atoms with Gasteiger partial charge in [0, 0.05) is 12.3 Å². The molecule has 0 spiro atoms. The summed E-state index contributed by atoms with van der Waals surface area (Å²) in [6, 6.07) is 0.106. The highest BCUT2D eigenvalue weighted by Crippen LogP contribution is 2.11. The van der Waals surface area contributed by atoms with E-state index >= 15 is 0 Å². The van der Waals surface area contributed by atoms with Gasteiger partial charge in [-0.25, -0.2) is 8.42 Å². The standard InChI is InChI=1S/C10H23NO2S/c1-5-7-8-10(11-6-2)9(3)14(4,12)13/h9-11H,5-8H2,1-4H3. The summed E-state index contributed by atoms with van der Waals surface area (Å²) in [7, 11) is -2.92. The summed E-state index contributed by atoms with van der Waals surface area (Å²) in [6.07, 6.45) is 4.45. The molecule has 3 nitrogen and oxygen atoms in total. The van der Waals surface area contributed by atoms with Crippen molar-refractivity contribution in [3.63, 3.8) is 0 Å². The number of unbranched alkanes of at least 4 members (excludes halogenated alkanes) is 1. The summed E-state index contributed by atoms with van der Waals surface area (Å²) in [5.41, 5.74) is 0. The Kier molecular flexibility index (Phi) is 6.36. The maximum atomic E-state index is 11.4. The van der Waals surface area contributed by atoms with Crippen LogP contribution >= 0.6 is 0 Å². The minimum Gasteiger partial charge on any atom is -0.313 e. The molecule has 0 aliphatic carbocycles. The van der Waals surface area contributed by atoms with Gasteiger partial charge in [-0.3, -0.25) is 0 Å². The van der Waals surface area contributed by atoms with Gasteiger partial charge in [-0.2, -0.15) is 0 Å². The molecular formula is C10H23NO2S. The van der Waals surface area contributed by atoms with Gasteiger partial charge in [-0.15, -0.1) is 0 Å². The third-order valence-electron chi connectivity index (χ3n) is 2.58. The second-order valence-corrected chi connectivity index (χ2v) is 6.24. The fraction of sp³-hybridized carbons (Fsp3) is 1.00. The van der Waals surface area contributed by atoms with E-state index in [1.807, 2.05) is 6.92 Å².